The molecule has 1 aromatic carbocycles. The highest BCUT2D eigenvalue weighted by atomic mass is 32.2. The summed E-state index contributed by atoms with van der Waals surface area (Å²) >= 11 is 2.02. The summed E-state index contributed by atoms with van der Waals surface area (Å²) in [7, 11) is 2.24. The lowest BCUT2D eigenvalue weighted by molar-refractivity contribution is -0.117. The molecule has 0 unspecified atom stereocenters. The third-order valence-corrected chi connectivity index (χ3v) is 10.3. The summed E-state index contributed by atoms with van der Waals surface area (Å²) in [5.41, 5.74) is 2.21. The van der Waals surface area contributed by atoms with Crippen LogP contribution < -0.4 is 10.6 Å². The van der Waals surface area contributed by atoms with E-state index in [1.807, 2.05) is 11.8 Å². The highest BCUT2D eigenvalue weighted by molar-refractivity contribution is 8.00. The Kier molecular flexibility index (Phi) is 6.92. The molecule has 1 aromatic heterocycles. The van der Waals surface area contributed by atoms with Crippen molar-refractivity contribution < 1.29 is 9.90 Å². The fourth-order valence-corrected chi connectivity index (χ4v) is 7.92. The molecule has 2 spiro atoms. The number of aromatic nitrogens is 2. The van der Waals surface area contributed by atoms with Gasteiger partial charge in [0.25, 0.3) is 0 Å². The second-order valence-electron chi connectivity index (χ2n) is 11.9. The van der Waals surface area contributed by atoms with E-state index in [1.165, 1.54) is 62.9 Å². The van der Waals surface area contributed by atoms with Gasteiger partial charge in [0.1, 0.15) is 5.82 Å². The number of amides is 1. The number of rotatable bonds is 4. The number of carbonyl (C=O) groups is 1. The van der Waals surface area contributed by atoms with Crippen molar-refractivity contribution in [2.24, 2.45) is 5.41 Å². The van der Waals surface area contributed by atoms with Crippen LogP contribution in [0.4, 0.5) is 17.5 Å². The van der Waals surface area contributed by atoms with Gasteiger partial charge >= 0.3 is 0 Å². The quantitative estimate of drug-likeness (QED) is 0.491. The van der Waals surface area contributed by atoms with Crippen molar-refractivity contribution in [3.63, 3.8) is 0 Å². The molecule has 198 valence electrons. The molecule has 37 heavy (non-hydrogen) atoms. The number of hydrogen-bond acceptors (Lipinski definition) is 7. The SMILES string of the molecule is CN1CCC2(CC1)CC(Sc1ccc(Nc3ncc4c(n3)NC(=O)C43CC3)cc1)C2.OC1CCCCC1. The number of aliphatic hydroxyl groups excluding tert-OH is 1. The third kappa shape index (κ3) is 5.38. The molecule has 0 bridgehead atoms. The van der Waals surface area contributed by atoms with Crippen molar-refractivity contribution in [2.45, 2.75) is 92.3 Å². The topological polar surface area (TPSA) is 90.4 Å². The van der Waals surface area contributed by atoms with Crippen LogP contribution in [0.25, 0.3) is 0 Å². The average Bonchev–Trinajstić information content (AvgIpc) is 3.64. The molecule has 3 N–H and O–H groups in total. The fourth-order valence-electron chi connectivity index (χ4n) is 6.37. The number of likely N-dealkylation sites (tertiary alicyclic amines) is 1. The van der Waals surface area contributed by atoms with Gasteiger partial charge in [0.05, 0.1) is 11.5 Å². The van der Waals surface area contributed by atoms with Crippen LogP contribution >= 0.6 is 11.8 Å². The minimum absolute atomic E-state index is 0.0359. The highest BCUT2D eigenvalue weighted by Gasteiger charge is 2.57. The maximum absolute atomic E-state index is 12.1. The van der Waals surface area contributed by atoms with E-state index in [2.05, 4.69) is 56.8 Å². The number of thioether (sulfide) groups is 1. The highest BCUT2D eigenvalue weighted by Crippen LogP contribution is 2.55. The van der Waals surface area contributed by atoms with Gasteiger partial charge in [-0.1, -0.05) is 19.3 Å². The minimum atomic E-state index is -0.333. The van der Waals surface area contributed by atoms with Gasteiger partial charge in [-0.05, 0) is 101 Å². The summed E-state index contributed by atoms with van der Waals surface area (Å²) in [6, 6.07) is 8.54. The zero-order chi connectivity index (χ0) is 25.5. The summed E-state index contributed by atoms with van der Waals surface area (Å²) in [4.78, 5) is 24.9. The van der Waals surface area contributed by atoms with Crippen molar-refractivity contribution in [1.82, 2.24) is 14.9 Å². The Labute approximate surface area is 224 Å². The first-order valence-corrected chi connectivity index (χ1v) is 14.9. The lowest BCUT2D eigenvalue weighted by Crippen LogP contribution is -2.47. The largest absolute Gasteiger partial charge is 0.393 e. The Morgan fingerprint density at radius 3 is 2.38 bits per heavy atom. The second kappa shape index (κ2) is 10.2. The van der Waals surface area contributed by atoms with Gasteiger partial charge in [-0.3, -0.25) is 4.79 Å². The van der Waals surface area contributed by atoms with E-state index in [0.717, 1.165) is 42.2 Å². The molecule has 2 aliphatic heterocycles. The van der Waals surface area contributed by atoms with Gasteiger partial charge < -0.3 is 20.6 Å². The van der Waals surface area contributed by atoms with Crippen LogP contribution in [0.2, 0.25) is 0 Å². The van der Waals surface area contributed by atoms with Gasteiger partial charge in [-0.2, -0.15) is 4.98 Å². The maximum atomic E-state index is 12.1. The van der Waals surface area contributed by atoms with Crippen molar-refractivity contribution >= 4 is 35.1 Å². The minimum Gasteiger partial charge on any atom is -0.393 e. The van der Waals surface area contributed by atoms with Gasteiger partial charge in [-0.25, -0.2) is 4.98 Å². The van der Waals surface area contributed by atoms with Gasteiger partial charge in [0.15, 0.2) is 0 Å². The number of aliphatic hydroxyl groups is 1. The maximum Gasteiger partial charge on any atom is 0.236 e. The number of nitrogens with zero attached hydrogens (tertiary/aromatic N) is 3. The van der Waals surface area contributed by atoms with Crippen molar-refractivity contribution in [2.75, 3.05) is 30.8 Å². The smallest absolute Gasteiger partial charge is 0.236 e. The Hall–Kier alpha value is -2.16. The van der Waals surface area contributed by atoms with Gasteiger partial charge in [0.2, 0.25) is 11.9 Å². The molecule has 2 aromatic rings. The summed E-state index contributed by atoms with van der Waals surface area (Å²) < 4.78 is 0. The Morgan fingerprint density at radius 1 is 1.05 bits per heavy atom. The van der Waals surface area contributed by atoms with Crippen LogP contribution in [-0.4, -0.2) is 57.4 Å². The summed E-state index contributed by atoms with van der Waals surface area (Å²) in [5.74, 6) is 1.26. The molecule has 1 saturated heterocycles. The van der Waals surface area contributed by atoms with Crippen LogP contribution in [0, 0.1) is 5.41 Å². The number of nitrogens with one attached hydrogen (secondary N) is 2. The molecule has 7 nitrogen and oxygen atoms in total. The van der Waals surface area contributed by atoms with Crippen LogP contribution in [0.15, 0.2) is 35.4 Å². The fraction of sp³-hybridized carbons (Fsp3) is 0.621. The lowest BCUT2D eigenvalue weighted by atomic mass is 9.63. The zero-order valence-electron chi connectivity index (χ0n) is 21.8. The lowest BCUT2D eigenvalue weighted by Gasteiger charge is -2.51. The predicted molar refractivity (Wildman–Crippen MR) is 148 cm³/mol. The molecular weight excluding hydrogens is 482 g/mol. The van der Waals surface area contributed by atoms with Crippen molar-refractivity contribution in [3.05, 3.63) is 36.0 Å². The molecule has 7 rings (SSSR count). The van der Waals surface area contributed by atoms with E-state index in [9.17, 15) is 4.79 Å². The second-order valence-corrected chi connectivity index (χ2v) is 13.3. The number of hydrogen-bond donors (Lipinski definition) is 3. The van der Waals surface area contributed by atoms with E-state index in [4.69, 9.17) is 5.11 Å². The summed E-state index contributed by atoms with van der Waals surface area (Å²) in [5, 5.41) is 15.8. The Balaban J connectivity index is 0.000000314. The van der Waals surface area contributed by atoms with E-state index in [0.29, 0.717) is 17.2 Å². The first kappa shape index (κ1) is 25.1. The van der Waals surface area contributed by atoms with E-state index >= 15 is 0 Å². The Bertz CT molecular complexity index is 1110. The molecule has 1 amide bonds. The molecule has 8 heteroatoms. The zero-order valence-corrected chi connectivity index (χ0v) is 22.7. The number of benzene rings is 1. The van der Waals surface area contributed by atoms with E-state index in [-0.39, 0.29) is 17.4 Å². The van der Waals surface area contributed by atoms with Crippen LogP contribution in [0.5, 0.6) is 0 Å². The summed E-state index contributed by atoms with van der Waals surface area (Å²) in [6.07, 6.45) is 15.0. The molecular formula is C29H39N5O2S. The standard InChI is InChI=1S/C23H27N5OS.C6H12O/c1-28-10-8-22(9-11-28)12-17(13-22)30-16-4-2-15(3-5-16)25-21-24-14-18-19(27-21)26-20(29)23(18)6-7-23;7-6-4-2-1-3-5-6/h2-5,14,17H,6-13H2,1H3,(H2,24,25,26,27,29);6-7H,1-5H2. The van der Waals surface area contributed by atoms with Crippen molar-refractivity contribution in [3.8, 4) is 0 Å². The molecule has 0 atom stereocenters. The van der Waals surface area contributed by atoms with E-state index in [1.54, 1.807) is 6.20 Å². The number of carbonyl (C=O) groups excluding carboxylic acids is 1. The van der Waals surface area contributed by atoms with Crippen LogP contribution in [-0.2, 0) is 10.2 Å². The van der Waals surface area contributed by atoms with E-state index < -0.39 is 0 Å². The molecule has 5 aliphatic rings. The molecule has 3 heterocycles. The third-order valence-electron chi connectivity index (χ3n) is 9.08. The molecule has 4 fully saturated rings. The average molecular weight is 522 g/mol. The predicted octanol–water partition coefficient (Wildman–Crippen LogP) is 5.48. The first-order chi connectivity index (χ1) is 17.9. The number of piperidine rings is 1. The van der Waals surface area contributed by atoms with Crippen molar-refractivity contribution in [1.29, 1.82) is 0 Å². The monoisotopic (exact) mass is 521 g/mol. The molecule has 3 aliphatic carbocycles. The molecule has 3 saturated carbocycles. The summed E-state index contributed by atoms with van der Waals surface area (Å²) in [6.45, 7) is 2.51. The van der Waals surface area contributed by atoms with Gasteiger partial charge in [-0.15, -0.1) is 11.8 Å². The van der Waals surface area contributed by atoms with Crippen LogP contribution in [0.3, 0.4) is 0 Å². The van der Waals surface area contributed by atoms with Crippen LogP contribution in [0.1, 0.15) is 76.2 Å². The van der Waals surface area contributed by atoms with Gasteiger partial charge in [0, 0.05) is 27.6 Å². The normalized spacial score (nSPS) is 24.1. The number of fused-ring (bicyclic) bond motifs is 2. The molecule has 0 radical (unpaired) electrons. The number of anilines is 3. The Morgan fingerprint density at radius 2 is 1.76 bits per heavy atom. The first-order valence-electron chi connectivity index (χ1n) is 14.0.